The molecule has 1 N–H and O–H groups in total. The van der Waals surface area contributed by atoms with Crippen LogP contribution in [0.4, 0.5) is 0 Å². The highest BCUT2D eigenvalue weighted by Crippen LogP contribution is 2.26. The molecule has 0 aliphatic carbocycles. The van der Waals surface area contributed by atoms with Crippen molar-refractivity contribution in [1.29, 1.82) is 0 Å². The van der Waals surface area contributed by atoms with Crippen LogP contribution in [0.15, 0.2) is 5.38 Å². The molecule has 1 saturated heterocycles. The molecule has 0 aromatic carbocycles. The Morgan fingerprint density at radius 1 is 1.50 bits per heavy atom. The highest BCUT2D eigenvalue weighted by Gasteiger charge is 2.27. The Morgan fingerprint density at radius 3 is 2.69 bits per heavy atom. The van der Waals surface area contributed by atoms with Crippen molar-refractivity contribution in [2.24, 2.45) is 5.92 Å². The van der Waals surface area contributed by atoms with Crippen LogP contribution in [0.2, 0.25) is 0 Å². The number of hydrogen-bond donors (Lipinski definition) is 1. The van der Waals surface area contributed by atoms with E-state index in [0.29, 0.717) is 12.5 Å². The Morgan fingerprint density at radius 2 is 2.19 bits per heavy atom. The summed E-state index contributed by atoms with van der Waals surface area (Å²) in [7, 11) is 0. The van der Waals surface area contributed by atoms with Gasteiger partial charge in [-0.2, -0.15) is 0 Å². The molecule has 2 heterocycles. The van der Waals surface area contributed by atoms with Crippen LogP contribution in [0, 0.1) is 5.92 Å². The fourth-order valence-corrected chi connectivity index (χ4v) is 2.90. The van der Waals surface area contributed by atoms with E-state index in [2.05, 4.69) is 36.0 Å². The molecule has 1 aromatic heterocycles. The fraction of sp³-hybridized carbons (Fsp3) is 0.750. The fourth-order valence-electron chi connectivity index (χ4n) is 1.84. The molecule has 3 nitrogen and oxygen atoms in total. The molecule has 1 fully saturated rings. The molecular formula is C12H20N2OS. The van der Waals surface area contributed by atoms with Crippen molar-refractivity contribution >= 4 is 11.3 Å². The molecule has 1 aliphatic heterocycles. The molecule has 0 amide bonds. The van der Waals surface area contributed by atoms with E-state index in [-0.39, 0.29) is 5.41 Å². The predicted molar refractivity (Wildman–Crippen MR) is 66.7 cm³/mol. The number of nitrogens with zero attached hydrogens (tertiary/aromatic N) is 2. The zero-order valence-electron chi connectivity index (χ0n) is 10.2. The summed E-state index contributed by atoms with van der Waals surface area (Å²) in [4.78, 5) is 7.01. The molecule has 2 rings (SSSR count). The molecule has 1 aromatic rings. The zero-order valence-corrected chi connectivity index (χ0v) is 11.0. The van der Waals surface area contributed by atoms with Gasteiger partial charge in [-0.15, -0.1) is 11.3 Å². The molecular weight excluding hydrogens is 220 g/mol. The zero-order chi connectivity index (χ0) is 11.8. The van der Waals surface area contributed by atoms with E-state index in [1.54, 1.807) is 11.3 Å². The number of thiazole rings is 1. The first-order valence-electron chi connectivity index (χ1n) is 5.77. The van der Waals surface area contributed by atoms with Gasteiger partial charge in [-0.3, -0.25) is 4.90 Å². The van der Waals surface area contributed by atoms with Crippen molar-refractivity contribution in [3.8, 4) is 0 Å². The summed E-state index contributed by atoms with van der Waals surface area (Å²) in [5.41, 5.74) is 1.34. The molecule has 0 unspecified atom stereocenters. The predicted octanol–water partition coefficient (Wildman–Crippen LogP) is 1.86. The van der Waals surface area contributed by atoms with E-state index in [1.165, 1.54) is 10.7 Å². The van der Waals surface area contributed by atoms with Crippen molar-refractivity contribution < 1.29 is 5.11 Å². The largest absolute Gasteiger partial charge is 0.396 e. The molecule has 90 valence electrons. The van der Waals surface area contributed by atoms with E-state index in [0.717, 1.165) is 19.6 Å². The maximum absolute atomic E-state index is 8.94. The summed E-state index contributed by atoms with van der Waals surface area (Å²) < 4.78 is 0. The van der Waals surface area contributed by atoms with Crippen LogP contribution >= 0.6 is 11.3 Å². The summed E-state index contributed by atoms with van der Waals surface area (Å²) >= 11 is 1.75. The third-order valence-electron chi connectivity index (χ3n) is 2.97. The van der Waals surface area contributed by atoms with Crippen LogP contribution in [0.1, 0.15) is 31.5 Å². The molecule has 0 spiro atoms. The van der Waals surface area contributed by atoms with Gasteiger partial charge in [0.15, 0.2) is 0 Å². The van der Waals surface area contributed by atoms with Crippen LogP contribution in [-0.2, 0) is 12.0 Å². The van der Waals surface area contributed by atoms with Crippen LogP contribution in [-0.4, -0.2) is 34.7 Å². The average Bonchev–Trinajstić information content (AvgIpc) is 2.57. The molecule has 0 atom stereocenters. The number of aliphatic hydroxyl groups is 1. The number of likely N-dealkylation sites (tertiary alicyclic amines) is 1. The summed E-state index contributed by atoms with van der Waals surface area (Å²) in [6, 6.07) is 0. The van der Waals surface area contributed by atoms with Gasteiger partial charge in [0.25, 0.3) is 0 Å². The van der Waals surface area contributed by atoms with E-state index in [4.69, 9.17) is 5.11 Å². The van der Waals surface area contributed by atoms with E-state index < -0.39 is 0 Å². The van der Waals surface area contributed by atoms with Crippen molar-refractivity contribution in [2.45, 2.75) is 32.7 Å². The lowest BCUT2D eigenvalue weighted by Gasteiger charge is -2.37. The maximum Gasteiger partial charge on any atom is 0.107 e. The first kappa shape index (κ1) is 12.0. The number of aliphatic hydroxyl groups excluding tert-OH is 1. The average molecular weight is 240 g/mol. The van der Waals surface area contributed by atoms with Gasteiger partial charge in [0.05, 0.1) is 12.2 Å². The van der Waals surface area contributed by atoms with E-state index in [1.807, 2.05) is 0 Å². The van der Waals surface area contributed by atoms with Crippen LogP contribution in [0.3, 0.4) is 0 Å². The van der Waals surface area contributed by atoms with Crippen molar-refractivity contribution in [3.05, 3.63) is 16.1 Å². The Kier molecular flexibility index (Phi) is 3.33. The molecule has 0 bridgehead atoms. The maximum atomic E-state index is 8.94. The quantitative estimate of drug-likeness (QED) is 0.876. The Balaban J connectivity index is 1.89. The number of rotatable bonds is 3. The minimum absolute atomic E-state index is 0.150. The van der Waals surface area contributed by atoms with Crippen LogP contribution < -0.4 is 0 Å². The third-order valence-corrected chi connectivity index (χ3v) is 3.80. The lowest BCUT2D eigenvalue weighted by atomic mass is 9.93. The highest BCUT2D eigenvalue weighted by molar-refractivity contribution is 7.09. The van der Waals surface area contributed by atoms with Gasteiger partial charge in [0.2, 0.25) is 0 Å². The third kappa shape index (κ3) is 2.62. The van der Waals surface area contributed by atoms with Gasteiger partial charge in [-0.25, -0.2) is 4.98 Å². The first-order valence-corrected chi connectivity index (χ1v) is 6.65. The summed E-state index contributed by atoms with van der Waals surface area (Å²) in [5, 5.41) is 12.3. The minimum atomic E-state index is 0.150. The van der Waals surface area contributed by atoms with E-state index in [9.17, 15) is 0 Å². The molecule has 1 aliphatic rings. The molecule has 16 heavy (non-hydrogen) atoms. The summed E-state index contributed by atoms with van der Waals surface area (Å²) in [6.07, 6.45) is 0. The Bertz CT molecular complexity index is 350. The molecule has 0 saturated carbocycles. The van der Waals surface area contributed by atoms with Crippen molar-refractivity contribution in [2.75, 3.05) is 19.7 Å². The minimum Gasteiger partial charge on any atom is -0.396 e. The van der Waals surface area contributed by atoms with Gasteiger partial charge in [-0.1, -0.05) is 20.8 Å². The summed E-state index contributed by atoms with van der Waals surface area (Å²) in [6.45, 7) is 9.87. The highest BCUT2D eigenvalue weighted by atomic mass is 32.1. The standard InChI is InChI=1S/C12H20N2OS/c1-12(2,3)10-8-16-11(13-10)6-14-4-9(5-14)7-15/h8-9,15H,4-7H2,1-3H3. The monoisotopic (exact) mass is 240 g/mol. The smallest absolute Gasteiger partial charge is 0.107 e. The second-order valence-corrected chi connectivity index (χ2v) is 6.56. The van der Waals surface area contributed by atoms with E-state index >= 15 is 0 Å². The lowest BCUT2D eigenvalue weighted by Crippen LogP contribution is -2.47. The second kappa shape index (κ2) is 4.43. The summed E-state index contributed by atoms with van der Waals surface area (Å²) in [5.74, 6) is 0.488. The number of hydrogen-bond acceptors (Lipinski definition) is 4. The topological polar surface area (TPSA) is 36.4 Å². The first-order chi connectivity index (χ1) is 7.49. The van der Waals surface area contributed by atoms with Crippen LogP contribution in [0.25, 0.3) is 0 Å². The molecule has 0 radical (unpaired) electrons. The van der Waals surface area contributed by atoms with Gasteiger partial charge in [0.1, 0.15) is 5.01 Å². The normalized spacial score (nSPS) is 18.8. The van der Waals surface area contributed by atoms with Gasteiger partial charge in [0, 0.05) is 36.4 Å². The molecule has 4 heteroatoms. The van der Waals surface area contributed by atoms with Crippen LogP contribution in [0.5, 0.6) is 0 Å². The second-order valence-electron chi connectivity index (χ2n) is 5.62. The van der Waals surface area contributed by atoms with Crippen molar-refractivity contribution in [3.63, 3.8) is 0 Å². The van der Waals surface area contributed by atoms with Crippen molar-refractivity contribution in [1.82, 2.24) is 9.88 Å². The Hall–Kier alpha value is -0.450. The number of aromatic nitrogens is 1. The Labute approximate surface area is 101 Å². The van der Waals surface area contributed by atoms with Gasteiger partial charge < -0.3 is 5.11 Å². The van der Waals surface area contributed by atoms with Gasteiger partial charge >= 0.3 is 0 Å². The lowest BCUT2D eigenvalue weighted by molar-refractivity contribution is 0.0478. The SMILES string of the molecule is CC(C)(C)c1csc(CN2CC(CO)C2)n1. The van der Waals surface area contributed by atoms with Gasteiger partial charge in [-0.05, 0) is 0 Å².